The minimum Gasteiger partial charge on any atom is -0.394 e. The van der Waals surface area contributed by atoms with Crippen molar-refractivity contribution in [2.75, 3.05) is 18.5 Å². The third-order valence-corrected chi connectivity index (χ3v) is 4.18. The van der Waals surface area contributed by atoms with Gasteiger partial charge in [0.1, 0.15) is 18.3 Å². The van der Waals surface area contributed by atoms with Gasteiger partial charge in [-0.1, -0.05) is 6.07 Å². The zero-order valence-electron chi connectivity index (χ0n) is 13.5. The smallest absolute Gasteiger partial charge is 0.111 e. The van der Waals surface area contributed by atoms with Gasteiger partial charge in [0.05, 0.1) is 12.7 Å². The summed E-state index contributed by atoms with van der Waals surface area (Å²) in [6, 6.07) is 2.09. The molecule has 0 amide bonds. The van der Waals surface area contributed by atoms with Crippen molar-refractivity contribution in [1.29, 1.82) is 0 Å². The Labute approximate surface area is 131 Å². The van der Waals surface area contributed by atoms with Crippen LogP contribution in [0.1, 0.15) is 22.3 Å². The van der Waals surface area contributed by atoms with Crippen LogP contribution in [0.25, 0.3) is 0 Å². The lowest BCUT2D eigenvalue weighted by Crippen LogP contribution is -2.48. The molecule has 0 radical (unpaired) electrons. The van der Waals surface area contributed by atoms with Crippen LogP contribution in [-0.4, -0.2) is 63.1 Å². The third-order valence-electron chi connectivity index (χ3n) is 4.18. The number of aliphatic hydroxyl groups is 5. The molecule has 0 heterocycles. The van der Waals surface area contributed by atoms with E-state index in [1.165, 1.54) is 0 Å². The zero-order valence-corrected chi connectivity index (χ0v) is 13.5. The molecule has 6 N–H and O–H groups in total. The van der Waals surface area contributed by atoms with Crippen molar-refractivity contribution >= 4 is 5.69 Å². The van der Waals surface area contributed by atoms with Gasteiger partial charge in [-0.2, -0.15) is 0 Å². The van der Waals surface area contributed by atoms with Crippen molar-refractivity contribution < 1.29 is 25.5 Å². The third kappa shape index (κ3) is 4.18. The molecule has 0 fully saturated rings. The summed E-state index contributed by atoms with van der Waals surface area (Å²) in [6.07, 6.45) is -5.94. The van der Waals surface area contributed by atoms with E-state index in [9.17, 15) is 20.4 Å². The Hall–Kier alpha value is -1.18. The largest absolute Gasteiger partial charge is 0.394 e. The van der Waals surface area contributed by atoms with Crippen molar-refractivity contribution in [3.63, 3.8) is 0 Å². The van der Waals surface area contributed by atoms with Crippen LogP contribution in [0.2, 0.25) is 0 Å². The number of rotatable bonds is 7. The summed E-state index contributed by atoms with van der Waals surface area (Å²) in [5.41, 5.74) is 5.25. The summed E-state index contributed by atoms with van der Waals surface area (Å²) < 4.78 is 0. The minimum atomic E-state index is -1.61. The van der Waals surface area contributed by atoms with E-state index in [0.29, 0.717) is 0 Å². The molecule has 4 unspecified atom stereocenters. The lowest BCUT2D eigenvalue weighted by Gasteiger charge is -2.27. The maximum absolute atomic E-state index is 9.95. The fourth-order valence-electron chi connectivity index (χ4n) is 2.37. The predicted molar refractivity (Wildman–Crippen MR) is 85.0 cm³/mol. The van der Waals surface area contributed by atoms with Gasteiger partial charge < -0.3 is 30.8 Å². The number of benzene rings is 1. The fourth-order valence-corrected chi connectivity index (χ4v) is 2.37. The van der Waals surface area contributed by atoms with Crippen LogP contribution in [0.3, 0.4) is 0 Å². The Balaban J connectivity index is 2.78. The van der Waals surface area contributed by atoms with Crippen molar-refractivity contribution in [2.45, 2.75) is 52.1 Å². The number of nitrogens with one attached hydrogen (secondary N) is 1. The van der Waals surface area contributed by atoms with Crippen molar-refractivity contribution in [3.05, 3.63) is 28.3 Å². The second-order valence-electron chi connectivity index (χ2n) is 5.81. The van der Waals surface area contributed by atoms with Crippen LogP contribution in [0, 0.1) is 27.7 Å². The minimum absolute atomic E-state index is 0.0148. The van der Waals surface area contributed by atoms with E-state index in [1.54, 1.807) is 0 Å². The quantitative estimate of drug-likeness (QED) is 0.414. The number of aryl methyl sites for hydroxylation is 2. The summed E-state index contributed by atoms with van der Waals surface area (Å²) in [4.78, 5) is 0. The molecule has 0 aliphatic carbocycles. The molecule has 0 bridgehead atoms. The number of aliphatic hydroxyl groups excluding tert-OH is 5. The van der Waals surface area contributed by atoms with Crippen LogP contribution in [0.4, 0.5) is 5.69 Å². The first-order valence-corrected chi connectivity index (χ1v) is 7.35. The highest BCUT2D eigenvalue weighted by Gasteiger charge is 2.30. The average Bonchev–Trinajstić information content (AvgIpc) is 2.50. The number of hydrogen-bond acceptors (Lipinski definition) is 6. The second kappa shape index (κ2) is 7.89. The van der Waals surface area contributed by atoms with Gasteiger partial charge in [-0.15, -0.1) is 0 Å². The highest BCUT2D eigenvalue weighted by Crippen LogP contribution is 2.26. The molecule has 4 atom stereocenters. The Morgan fingerprint density at radius 1 is 0.864 bits per heavy atom. The topological polar surface area (TPSA) is 113 Å². The maximum atomic E-state index is 9.95. The molecule has 0 saturated carbocycles. The molecule has 6 heteroatoms. The second-order valence-corrected chi connectivity index (χ2v) is 5.81. The first-order chi connectivity index (χ1) is 10.2. The molecular weight excluding hydrogens is 286 g/mol. The molecule has 1 aromatic carbocycles. The summed E-state index contributed by atoms with van der Waals surface area (Å²) in [5.74, 6) is 0. The van der Waals surface area contributed by atoms with Crippen LogP contribution in [0.15, 0.2) is 6.07 Å². The Kier molecular flexibility index (Phi) is 6.77. The summed E-state index contributed by atoms with van der Waals surface area (Å²) in [5, 5.41) is 50.5. The average molecular weight is 313 g/mol. The fraction of sp³-hybridized carbons (Fsp3) is 0.625. The standard InChI is InChI=1S/C16H27NO5/c1-8-5-9(2)11(4)14(10(8)3)17-6-12(19)15(21)16(22)13(20)7-18/h5,12-13,15-22H,6-7H2,1-4H3. The Morgan fingerprint density at radius 3 is 1.77 bits per heavy atom. The van der Waals surface area contributed by atoms with Gasteiger partial charge in [0, 0.05) is 12.2 Å². The SMILES string of the molecule is Cc1cc(C)c(C)c(NCC(O)C(O)C(O)C(O)CO)c1C. The first-order valence-electron chi connectivity index (χ1n) is 7.35. The van der Waals surface area contributed by atoms with Crippen LogP contribution < -0.4 is 5.32 Å². The highest BCUT2D eigenvalue weighted by molar-refractivity contribution is 5.62. The molecule has 22 heavy (non-hydrogen) atoms. The molecule has 0 aliphatic rings. The predicted octanol–water partition coefficient (Wildman–Crippen LogP) is -0.232. The molecule has 126 valence electrons. The van der Waals surface area contributed by atoms with Crippen LogP contribution >= 0.6 is 0 Å². The number of anilines is 1. The monoisotopic (exact) mass is 313 g/mol. The number of hydrogen-bond donors (Lipinski definition) is 6. The molecule has 0 saturated heterocycles. The van der Waals surface area contributed by atoms with Gasteiger partial charge in [-0.05, 0) is 49.9 Å². The van der Waals surface area contributed by atoms with E-state index >= 15 is 0 Å². The summed E-state index contributed by atoms with van der Waals surface area (Å²) in [7, 11) is 0. The van der Waals surface area contributed by atoms with Gasteiger partial charge in [-0.25, -0.2) is 0 Å². The van der Waals surface area contributed by atoms with Crippen molar-refractivity contribution in [1.82, 2.24) is 0 Å². The Morgan fingerprint density at radius 2 is 1.32 bits per heavy atom. The van der Waals surface area contributed by atoms with E-state index in [-0.39, 0.29) is 6.54 Å². The van der Waals surface area contributed by atoms with Crippen molar-refractivity contribution in [3.8, 4) is 0 Å². The van der Waals surface area contributed by atoms with Gasteiger partial charge in [-0.3, -0.25) is 0 Å². The molecule has 1 rings (SSSR count). The molecule has 0 aromatic heterocycles. The lowest BCUT2D eigenvalue weighted by atomic mass is 9.98. The van der Waals surface area contributed by atoms with E-state index < -0.39 is 31.0 Å². The molecule has 1 aromatic rings. The molecule has 6 nitrogen and oxygen atoms in total. The normalized spacial score (nSPS) is 17.0. The van der Waals surface area contributed by atoms with E-state index in [0.717, 1.165) is 27.9 Å². The van der Waals surface area contributed by atoms with E-state index in [2.05, 4.69) is 11.4 Å². The molecular formula is C16H27NO5. The molecule has 0 aliphatic heterocycles. The first kappa shape index (κ1) is 18.9. The van der Waals surface area contributed by atoms with Crippen LogP contribution in [-0.2, 0) is 0 Å². The van der Waals surface area contributed by atoms with Crippen molar-refractivity contribution in [2.24, 2.45) is 0 Å². The maximum Gasteiger partial charge on any atom is 0.111 e. The Bertz CT molecular complexity index is 480. The van der Waals surface area contributed by atoms with Gasteiger partial charge in [0.25, 0.3) is 0 Å². The molecule has 0 spiro atoms. The van der Waals surface area contributed by atoms with E-state index in [1.807, 2.05) is 27.7 Å². The zero-order chi connectivity index (χ0) is 17.0. The lowest BCUT2D eigenvalue weighted by molar-refractivity contribution is -0.111. The highest BCUT2D eigenvalue weighted by atomic mass is 16.4. The van der Waals surface area contributed by atoms with Gasteiger partial charge >= 0.3 is 0 Å². The van der Waals surface area contributed by atoms with Crippen LogP contribution in [0.5, 0.6) is 0 Å². The summed E-state index contributed by atoms with van der Waals surface area (Å²) >= 11 is 0. The van der Waals surface area contributed by atoms with Gasteiger partial charge in [0.15, 0.2) is 0 Å². The summed E-state index contributed by atoms with van der Waals surface area (Å²) in [6.45, 7) is 7.27. The van der Waals surface area contributed by atoms with Gasteiger partial charge in [0.2, 0.25) is 0 Å². The van der Waals surface area contributed by atoms with E-state index in [4.69, 9.17) is 5.11 Å².